The van der Waals surface area contributed by atoms with Crippen LogP contribution in [0.15, 0.2) is 42.5 Å². The number of halogens is 1. The number of nitrogens with zero attached hydrogens (tertiary/aromatic N) is 1. The van der Waals surface area contributed by atoms with Crippen LogP contribution >= 0.6 is 0 Å². The summed E-state index contributed by atoms with van der Waals surface area (Å²) in [5, 5.41) is 2.58. The first-order valence-corrected chi connectivity index (χ1v) is 8.69. The summed E-state index contributed by atoms with van der Waals surface area (Å²) in [6, 6.07) is 10.5. The van der Waals surface area contributed by atoms with E-state index in [0.717, 1.165) is 18.2 Å². The topological polar surface area (TPSA) is 84.9 Å². The summed E-state index contributed by atoms with van der Waals surface area (Å²) in [6.45, 7) is 0.124. The summed E-state index contributed by atoms with van der Waals surface area (Å²) in [6.07, 6.45) is 1.37. The van der Waals surface area contributed by atoms with Crippen LogP contribution in [0.4, 0.5) is 15.8 Å². The zero-order valence-electron chi connectivity index (χ0n) is 15.2. The van der Waals surface area contributed by atoms with Gasteiger partial charge in [0.25, 0.3) is 5.91 Å². The van der Waals surface area contributed by atoms with E-state index in [2.05, 4.69) is 5.32 Å². The zero-order chi connectivity index (χ0) is 20.1. The van der Waals surface area contributed by atoms with Gasteiger partial charge < -0.3 is 19.7 Å². The average Bonchev–Trinajstić information content (AvgIpc) is 3.12. The zero-order valence-corrected chi connectivity index (χ0v) is 15.2. The molecule has 1 heterocycles. The second-order valence-corrected chi connectivity index (χ2v) is 6.17. The molecule has 0 atom stereocenters. The standard InChI is InChI=1S/C20H19FN2O5/c1-27-15-8-9-16(17(21)11-15)20(26)28-12-18(24)22-13-4-6-14(7-5-13)23-10-2-3-19(23)25/h4-9,11H,2-3,10,12H2,1H3,(H,22,24). The van der Waals surface area contributed by atoms with Gasteiger partial charge in [-0.15, -0.1) is 0 Å². The number of hydrogen-bond acceptors (Lipinski definition) is 5. The molecule has 2 aromatic rings. The Bertz CT molecular complexity index is 898. The maximum Gasteiger partial charge on any atom is 0.341 e. The minimum absolute atomic E-state index is 0.0782. The van der Waals surface area contributed by atoms with Crippen LogP contribution in [0.5, 0.6) is 5.75 Å². The first-order valence-electron chi connectivity index (χ1n) is 8.69. The first kappa shape index (κ1) is 19.3. The monoisotopic (exact) mass is 386 g/mol. The highest BCUT2D eigenvalue weighted by atomic mass is 19.1. The van der Waals surface area contributed by atoms with E-state index in [4.69, 9.17) is 9.47 Å². The summed E-state index contributed by atoms with van der Waals surface area (Å²) in [4.78, 5) is 37.3. The molecule has 0 aliphatic carbocycles. The van der Waals surface area contributed by atoms with Gasteiger partial charge in [-0.3, -0.25) is 9.59 Å². The van der Waals surface area contributed by atoms with E-state index in [1.165, 1.54) is 19.2 Å². The van der Waals surface area contributed by atoms with Crippen molar-refractivity contribution in [3.05, 3.63) is 53.8 Å². The summed E-state index contributed by atoms with van der Waals surface area (Å²) in [5.41, 5.74) is 0.974. The Morgan fingerprint density at radius 3 is 2.54 bits per heavy atom. The Morgan fingerprint density at radius 2 is 1.93 bits per heavy atom. The lowest BCUT2D eigenvalue weighted by molar-refractivity contribution is -0.119. The van der Waals surface area contributed by atoms with Crippen LogP contribution in [-0.2, 0) is 14.3 Å². The lowest BCUT2D eigenvalue weighted by Gasteiger charge is -2.16. The second kappa shape index (κ2) is 8.51. The highest BCUT2D eigenvalue weighted by Gasteiger charge is 2.21. The second-order valence-electron chi connectivity index (χ2n) is 6.17. The SMILES string of the molecule is COc1ccc(C(=O)OCC(=O)Nc2ccc(N3CCCC3=O)cc2)c(F)c1. The fraction of sp³-hybridized carbons (Fsp3) is 0.250. The highest BCUT2D eigenvalue weighted by molar-refractivity contribution is 5.97. The number of ether oxygens (including phenoxy) is 2. The van der Waals surface area contributed by atoms with Gasteiger partial charge in [-0.1, -0.05) is 0 Å². The smallest absolute Gasteiger partial charge is 0.341 e. The van der Waals surface area contributed by atoms with Crippen molar-refractivity contribution in [3.8, 4) is 5.75 Å². The molecule has 0 aromatic heterocycles. The maximum absolute atomic E-state index is 13.8. The van der Waals surface area contributed by atoms with E-state index in [-0.39, 0.29) is 17.2 Å². The number of esters is 1. The number of anilines is 2. The molecule has 7 nitrogen and oxygen atoms in total. The van der Waals surface area contributed by atoms with Gasteiger partial charge in [-0.2, -0.15) is 0 Å². The van der Waals surface area contributed by atoms with Crippen molar-refractivity contribution >= 4 is 29.2 Å². The Hall–Kier alpha value is -3.42. The molecule has 8 heteroatoms. The molecule has 1 N–H and O–H groups in total. The molecule has 2 aromatic carbocycles. The molecule has 0 bridgehead atoms. The molecule has 0 unspecified atom stereocenters. The number of rotatable bonds is 6. The normalized spacial score (nSPS) is 13.4. The molecule has 146 valence electrons. The molecule has 1 aliphatic heterocycles. The van der Waals surface area contributed by atoms with Crippen molar-refractivity contribution in [1.29, 1.82) is 0 Å². The summed E-state index contributed by atoms with van der Waals surface area (Å²) in [5.74, 6) is -1.96. The van der Waals surface area contributed by atoms with Crippen molar-refractivity contribution in [3.63, 3.8) is 0 Å². The lowest BCUT2D eigenvalue weighted by atomic mass is 10.2. The minimum Gasteiger partial charge on any atom is -0.497 e. The first-order chi connectivity index (χ1) is 13.5. The Labute approximate surface area is 161 Å². The predicted octanol–water partition coefficient (Wildman–Crippen LogP) is 2.76. The van der Waals surface area contributed by atoms with Crippen LogP contribution in [0, 0.1) is 5.82 Å². The minimum atomic E-state index is -0.946. The maximum atomic E-state index is 13.8. The Morgan fingerprint density at radius 1 is 1.18 bits per heavy atom. The van der Waals surface area contributed by atoms with Crippen LogP contribution in [0.1, 0.15) is 23.2 Å². The Balaban J connectivity index is 1.53. The van der Waals surface area contributed by atoms with Crippen LogP contribution < -0.4 is 15.0 Å². The van der Waals surface area contributed by atoms with E-state index in [0.29, 0.717) is 18.7 Å². The van der Waals surface area contributed by atoms with E-state index < -0.39 is 24.3 Å². The van der Waals surface area contributed by atoms with Crippen LogP contribution in [0.3, 0.4) is 0 Å². The molecule has 0 saturated carbocycles. The van der Waals surface area contributed by atoms with Gasteiger partial charge in [0.1, 0.15) is 11.6 Å². The highest BCUT2D eigenvalue weighted by Crippen LogP contribution is 2.23. The van der Waals surface area contributed by atoms with Crippen molar-refractivity contribution in [2.24, 2.45) is 0 Å². The van der Waals surface area contributed by atoms with Gasteiger partial charge in [0, 0.05) is 30.4 Å². The Kier molecular flexibility index (Phi) is 5.88. The summed E-state index contributed by atoms with van der Waals surface area (Å²) >= 11 is 0. The fourth-order valence-corrected chi connectivity index (χ4v) is 2.84. The van der Waals surface area contributed by atoms with Gasteiger partial charge >= 0.3 is 5.97 Å². The third kappa shape index (κ3) is 4.46. The lowest BCUT2D eigenvalue weighted by Crippen LogP contribution is -2.24. The van der Waals surface area contributed by atoms with Gasteiger partial charge in [0.05, 0.1) is 12.7 Å². The van der Waals surface area contributed by atoms with Crippen LogP contribution in [0.2, 0.25) is 0 Å². The largest absolute Gasteiger partial charge is 0.497 e. The van der Waals surface area contributed by atoms with E-state index in [1.807, 2.05) is 0 Å². The quantitative estimate of drug-likeness (QED) is 0.772. The number of hydrogen-bond donors (Lipinski definition) is 1. The average molecular weight is 386 g/mol. The van der Waals surface area contributed by atoms with Crippen molar-refractivity contribution in [1.82, 2.24) is 0 Å². The van der Waals surface area contributed by atoms with Gasteiger partial charge in [-0.25, -0.2) is 9.18 Å². The molecular weight excluding hydrogens is 367 g/mol. The third-order valence-corrected chi connectivity index (χ3v) is 4.27. The van der Waals surface area contributed by atoms with Crippen molar-refractivity contribution in [2.45, 2.75) is 12.8 Å². The van der Waals surface area contributed by atoms with Gasteiger partial charge in [0.15, 0.2) is 6.61 Å². The van der Waals surface area contributed by atoms with Crippen LogP contribution in [-0.4, -0.2) is 38.0 Å². The van der Waals surface area contributed by atoms with Crippen LogP contribution in [0.25, 0.3) is 0 Å². The molecule has 2 amide bonds. The van der Waals surface area contributed by atoms with E-state index in [9.17, 15) is 18.8 Å². The van der Waals surface area contributed by atoms with E-state index >= 15 is 0 Å². The number of carbonyl (C=O) groups is 3. The molecule has 28 heavy (non-hydrogen) atoms. The van der Waals surface area contributed by atoms with E-state index in [1.54, 1.807) is 29.2 Å². The molecular formula is C20H19FN2O5. The van der Waals surface area contributed by atoms with Crippen molar-refractivity contribution < 1.29 is 28.2 Å². The number of methoxy groups -OCH3 is 1. The number of carbonyl (C=O) groups excluding carboxylic acids is 3. The molecule has 1 aliphatic rings. The number of benzene rings is 2. The van der Waals surface area contributed by atoms with Gasteiger partial charge in [0.2, 0.25) is 5.91 Å². The fourth-order valence-electron chi connectivity index (χ4n) is 2.84. The predicted molar refractivity (Wildman–Crippen MR) is 99.9 cm³/mol. The molecule has 1 fully saturated rings. The summed E-state index contributed by atoms with van der Waals surface area (Å²) in [7, 11) is 1.38. The molecule has 0 spiro atoms. The molecule has 1 saturated heterocycles. The van der Waals surface area contributed by atoms with Gasteiger partial charge in [-0.05, 0) is 42.8 Å². The molecule has 0 radical (unpaired) electrons. The third-order valence-electron chi connectivity index (χ3n) is 4.27. The van der Waals surface area contributed by atoms with Crippen molar-refractivity contribution in [2.75, 3.05) is 30.5 Å². The number of amides is 2. The molecule has 3 rings (SSSR count). The summed E-state index contributed by atoms with van der Waals surface area (Å²) < 4.78 is 23.6. The number of nitrogens with one attached hydrogen (secondary N) is 1.